The first-order chi connectivity index (χ1) is 13.8. The number of fused-ring (bicyclic) bond motifs is 1. The zero-order chi connectivity index (χ0) is 20.6. The van der Waals surface area contributed by atoms with Crippen LogP contribution in [0.4, 0.5) is 13.2 Å². The Hall–Kier alpha value is -3.32. The Morgan fingerprint density at radius 1 is 1.00 bits per heavy atom. The minimum absolute atomic E-state index is 0.0991. The van der Waals surface area contributed by atoms with Gasteiger partial charge in [0.25, 0.3) is 0 Å². The molecular formula is C22H18F3N3O. The van der Waals surface area contributed by atoms with Gasteiger partial charge in [0, 0.05) is 17.3 Å². The van der Waals surface area contributed by atoms with Crippen LogP contribution >= 0.6 is 0 Å². The van der Waals surface area contributed by atoms with Crippen molar-refractivity contribution in [2.45, 2.75) is 19.3 Å². The van der Waals surface area contributed by atoms with Crippen LogP contribution in [-0.4, -0.2) is 15.9 Å². The summed E-state index contributed by atoms with van der Waals surface area (Å²) in [6.45, 7) is 1.90. The first-order valence-electron chi connectivity index (χ1n) is 9.00. The van der Waals surface area contributed by atoms with Gasteiger partial charge < -0.3 is 10.5 Å². The third kappa shape index (κ3) is 3.95. The van der Waals surface area contributed by atoms with Crippen LogP contribution in [0.5, 0.6) is 5.75 Å². The van der Waals surface area contributed by atoms with Gasteiger partial charge in [0.1, 0.15) is 12.1 Å². The molecule has 3 aromatic carbocycles. The molecule has 0 saturated carbocycles. The normalized spacial score (nSPS) is 12.9. The topological polar surface area (TPSA) is 53.1 Å². The predicted molar refractivity (Wildman–Crippen MR) is 106 cm³/mol. The Balaban J connectivity index is 1.77. The Morgan fingerprint density at radius 2 is 1.79 bits per heavy atom. The van der Waals surface area contributed by atoms with Crippen LogP contribution in [0.3, 0.4) is 0 Å². The van der Waals surface area contributed by atoms with Crippen molar-refractivity contribution < 1.29 is 17.9 Å². The van der Waals surface area contributed by atoms with E-state index >= 15 is 0 Å². The first kappa shape index (κ1) is 19.0. The fourth-order valence-electron chi connectivity index (χ4n) is 3.26. The Labute approximate surface area is 165 Å². The van der Waals surface area contributed by atoms with E-state index in [9.17, 15) is 13.2 Å². The molecule has 0 bridgehead atoms. The highest BCUT2D eigenvalue weighted by Crippen LogP contribution is 2.34. The predicted octanol–water partition coefficient (Wildman–Crippen LogP) is 5.61. The maximum atomic E-state index is 12.8. The molecule has 0 fully saturated rings. The second-order valence-electron chi connectivity index (χ2n) is 6.75. The van der Waals surface area contributed by atoms with Gasteiger partial charge in [-0.25, -0.2) is 4.98 Å². The van der Waals surface area contributed by atoms with E-state index < -0.39 is 6.36 Å². The van der Waals surface area contributed by atoms with Crippen molar-refractivity contribution in [1.82, 2.24) is 9.55 Å². The minimum atomic E-state index is -4.76. The molecule has 1 heterocycles. The second kappa shape index (κ2) is 7.25. The molecule has 148 valence electrons. The van der Waals surface area contributed by atoms with Crippen molar-refractivity contribution in [3.8, 4) is 22.6 Å². The van der Waals surface area contributed by atoms with E-state index in [0.717, 1.165) is 22.3 Å². The van der Waals surface area contributed by atoms with Crippen LogP contribution in [-0.2, 0) is 0 Å². The van der Waals surface area contributed by atoms with Gasteiger partial charge in [0.05, 0.1) is 11.0 Å². The maximum Gasteiger partial charge on any atom is 0.573 e. The smallest absolute Gasteiger partial charge is 0.405 e. The number of para-hydroxylation sites is 1. The van der Waals surface area contributed by atoms with Crippen molar-refractivity contribution in [1.29, 1.82) is 0 Å². The zero-order valence-corrected chi connectivity index (χ0v) is 15.5. The molecule has 1 aromatic heterocycles. The van der Waals surface area contributed by atoms with Gasteiger partial charge in [0.15, 0.2) is 0 Å². The van der Waals surface area contributed by atoms with Crippen molar-refractivity contribution >= 4 is 11.0 Å². The van der Waals surface area contributed by atoms with Crippen molar-refractivity contribution in [2.24, 2.45) is 5.73 Å². The van der Waals surface area contributed by atoms with Crippen molar-refractivity contribution in [3.63, 3.8) is 0 Å². The number of nitrogens with two attached hydrogens (primary N) is 1. The first-order valence-corrected chi connectivity index (χ1v) is 9.00. The molecule has 0 aliphatic rings. The molecule has 0 spiro atoms. The van der Waals surface area contributed by atoms with Crippen LogP contribution < -0.4 is 10.5 Å². The van der Waals surface area contributed by atoms with Gasteiger partial charge in [0.2, 0.25) is 0 Å². The molecule has 29 heavy (non-hydrogen) atoms. The van der Waals surface area contributed by atoms with E-state index in [1.54, 1.807) is 36.7 Å². The van der Waals surface area contributed by atoms with Crippen molar-refractivity contribution in [3.05, 3.63) is 78.6 Å². The average Bonchev–Trinajstić information content (AvgIpc) is 3.10. The highest BCUT2D eigenvalue weighted by molar-refractivity contribution is 5.79. The summed E-state index contributed by atoms with van der Waals surface area (Å²) in [5, 5.41) is 0. The van der Waals surface area contributed by atoms with Gasteiger partial charge in [-0.15, -0.1) is 13.2 Å². The lowest BCUT2D eigenvalue weighted by atomic mass is 10.0. The van der Waals surface area contributed by atoms with E-state index in [1.165, 1.54) is 12.1 Å². The molecule has 0 aliphatic carbocycles. The fourth-order valence-corrected chi connectivity index (χ4v) is 3.26. The van der Waals surface area contributed by atoms with Crippen LogP contribution in [0.25, 0.3) is 27.8 Å². The van der Waals surface area contributed by atoms with Crippen LogP contribution in [0.1, 0.15) is 18.5 Å². The number of ether oxygens (including phenoxy) is 1. The molecule has 0 unspecified atom stereocenters. The lowest BCUT2D eigenvalue weighted by Crippen LogP contribution is -2.17. The maximum absolute atomic E-state index is 12.8. The average molecular weight is 397 g/mol. The van der Waals surface area contributed by atoms with Crippen LogP contribution in [0, 0.1) is 0 Å². The molecule has 4 rings (SSSR count). The van der Waals surface area contributed by atoms with Gasteiger partial charge in [-0.1, -0.05) is 36.4 Å². The van der Waals surface area contributed by atoms with Gasteiger partial charge >= 0.3 is 6.36 Å². The minimum Gasteiger partial charge on any atom is -0.405 e. The number of halogens is 3. The quantitative estimate of drug-likeness (QED) is 0.487. The van der Waals surface area contributed by atoms with E-state index in [0.29, 0.717) is 11.1 Å². The summed E-state index contributed by atoms with van der Waals surface area (Å²) in [7, 11) is 0. The lowest BCUT2D eigenvalue weighted by Gasteiger charge is -2.14. The molecule has 7 heteroatoms. The third-order valence-electron chi connectivity index (χ3n) is 4.65. The highest BCUT2D eigenvalue weighted by Gasteiger charge is 2.32. The monoisotopic (exact) mass is 397 g/mol. The number of imidazole rings is 1. The number of hydrogen-bond donors (Lipinski definition) is 1. The number of rotatable bonds is 4. The Morgan fingerprint density at radius 3 is 2.55 bits per heavy atom. The summed E-state index contributed by atoms with van der Waals surface area (Å²) >= 11 is 0. The number of hydrogen-bond acceptors (Lipinski definition) is 3. The van der Waals surface area contributed by atoms with Gasteiger partial charge in [-0.05, 0) is 48.4 Å². The second-order valence-corrected chi connectivity index (χ2v) is 6.75. The zero-order valence-electron chi connectivity index (χ0n) is 15.5. The lowest BCUT2D eigenvalue weighted by molar-refractivity contribution is -0.274. The summed E-state index contributed by atoms with van der Waals surface area (Å²) < 4.78 is 44.4. The number of aromatic nitrogens is 2. The van der Waals surface area contributed by atoms with E-state index in [1.807, 2.05) is 35.8 Å². The summed E-state index contributed by atoms with van der Waals surface area (Å²) in [4.78, 5) is 4.44. The number of benzene rings is 3. The molecule has 4 nitrogen and oxygen atoms in total. The van der Waals surface area contributed by atoms with Crippen molar-refractivity contribution in [2.75, 3.05) is 0 Å². The molecule has 0 amide bonds. The summed E-state index contributed by atoms with van der Waals surface area (Å²) in [6.07, 6.45) is -3.07. The van der Waals surface area contributed by atoms with E-state index in [-0.39, 0.29) is 11.8 Å². The number of nitrogens with zero attached hydrogens (tertiary/aromatic N) is 2. The van der Waals surface area contributed by atoms with E-state index in [2.05, 4.69) is 9.72 Å². The van der Waals surface area contributed by atoms with Gasteiger partial charge in [-0.3, -0.25) is 4.57 Å². The Kier molecular flexibility index (Phi) is 4.76. The van der Waals surface area contributed by atoms with Crippen LogP contribution in [0.2, 0.25) is 0 Å². The molecule has 0 radical (unpaired) electrons. The molecule has 0 saturated heterocycles. The Bertz CT molecular complexity index is 1170. The highest BCUT2D eigenvalue weighted by atomic mass is 19.4. The summed E-state index contributed by atoms with van der Waals surface area (Å²) in [5.41, 5.74) is 10.3. The molecule has 4 aromatic rings. The van der Waals surface area contributed by atoms with Crippen LogP contribution in [0.15, 0.2) is 73.1 Å². The third-order valence-corrected chi connectivity index (χ3v) is 4.65. The molecule has 1 atom stereocenters. The van der Waals surface area contributed by atoms with E-state index in [4.69, 9.17) is 5.73 Å². The summed E-state index contributed by atoms with van der Waals surface area (Å²) in [6, 6.07) is 19.0. The fraction of sp³-hybridized carbons (Fsp3) is 0.136. The van der Waals surface area contributed by atoms with Gasteiger partial charge in [-0.2, -0.15) is 0 Å². The summed E-state index contributed by atoms with van der Waals surface area (Å²) in [5.74, 6) is -0.241. The molecule has 0 aliphatic heterocycles. The largest absolute Gasteiger partial charge is 0.573 e. The molecule has 2 N–H and O–H groups in total. The standard InChI is InChI=1S/C22H18F3N3O/c1-14(26)15-9-10-20-19(12-15)27-13-28(20)17-6-4-5-16(11-17)18-7-2-3-8-21(18)29-22(23,24)25/h2-14H,26H2,1H3/t14-/m1/s1. The number of alkyl halides is 3. The molecular weight excluding hydrogens is 379 g/mol. The SMILES string of the molecule is C[C@@H](N)c1ccc2c(c1)ncn2-c1cccc(-c2ccccc2OC(F)(F)F)c1.